The molecular weight excluding hydrogens is 330 g/mol. The van der Waals surface area contributed by atoms with Crippen LogP contribution in [0.15, 0.2) is 9.95 Å². The standard InChI is InChI=1S/C16H21N3O2S2/c1-8-9(2)22-14-12(8)15(21)19(11-6-4-5-7-11)16(18-14)23-10(3)13(17)20/h10-11H,4-7H2,1-3H3,(H2,17,20)/t10-/m1/s1. The zero-order chi connectivity index (χ0) is 16.7. The second kappa shape index (κ2) is 6.28. The average Bonchev–Trinajstić information content (AvgIpc) is 3.08. The molecule has 0 saturated heterocycles. The third-order valence-electron chi connectivity index (χ3n) is 4.58. The van der Waals surface area contributed by atoms with Crippen LogP contribution in [0.25, 0.3) is 10.2 Å². The minimum atomic E-state index is -0.408. The SMILES string of the molecule is Cc1sc2nc(S[C@H](C)C(N)=O)n(C3CCCC3)c(=O)c2c1C. The molecule has 0 spiro atoms. The Bertz CT molecular complexity index is 819. The number of hydrogen-bond donors (Lipinski definition) is 1. The Labute approximate surface area is 143 Å². The Morgan fingerprint density at radius 3 is 2.65 bits per heavy atom. The van der Waals surface area contributed by atoms with Crippen LogP contribution in [0.3, 0.4) is 0 Å². The summed E-state index contributed by atoms with van der Waals surface area (Å²) in [6.45, 7) is 5.75. The van der Waals surface area contributed by atoms with Gasteiger partial charge in [0.15, 0.2) is 5.16 Å². The van der Waals surface area contributed by atoms with Crippen molar-refractivity contribution in [1.82, 2.24) is 9.55 Å². The lowest BCUT2D eigenvalue weighted by molar-refractivity contribution is -0.117. The van der Waals surface area contributed by atoms with Crippen molar-refractivity contribution in [1.29, 1.82) is 0 Å². The highest BCUT2D eigenvalue weighted by Crippen LogP contribution is 2.35. The Hall–Kier alpha value is -1.34. The lowest BCUT2D eigenvalue weighted by atomic mass is 10.2. The molecular formula is C16H21N3O2S2. The highest BCUT2D eigenvalue weighted by molar-refractivity contribution is 8.00. The fourth-order valence-electron chi connectivity index (χ4n) is 3.07. The van der Waals surface area contributed by atoms with Crippen LogP contribution in [0, 0.1) is 13.8 Å². The summed E-state index contributed by atoms with van der Waals surface area (Å²) in [5.41, 5.74) is 6.45. The quantitative estimate of drug-likeness (QED) is 0.678. The van der Waals surface area contributed by atoms with Crippen molar-refractivity contribution < 1.29 is 4.79 Å². The normalized spacial score (nSPS) is 17.0. The van der Waals surface area contributed by atoms with Crippen molar-refractivity contribution >= 4 is 39.2 Å². The van der Waals surface area contributed by atoms with Gasteiger partial charge >= 0.3 is 0 Å². The first-order chi connectivity index (χ1) is 10.9. The lowest BCUT2D eigenvalue weighted by Crippen LogP contribution is -2.29. The number of carbonyl (C=O) groups is 1. The van der Waals surface area contributed by atoms with Gasteiger partial charge in [0, 0.05) is 10.9 Å². The van der Waals surface area contributed by atoms with Gasteiger partial charge in [0.2, 0.25) is 5.91 Å². The van der Waals surface area contributed by atoms with E-state index >= 15 is 0 Å². The van der Waals surface area contributed by atoms with Crippen molar-refractivity contribution in [2.75, 3.05) is 0 Å². The number of hydrogen-bond acceptors (Lipinski definition) is 5. The molecule has 0 radical (unpaired) electrons. The van der Waals surface area contributed by atoms with Gasteiger partial charge in [-0.2, -0.15) is 0 Å². The summed E-state index contributed by atoms with van der Waals surface area (Å²) in [5.74, 6) is -0.388. The number of amides is 1. The second-order valence-electron chi connectivity index (χ2n) is 6.13. The molecule has 0 bridgehead atoms. The highest BCUT2D eigenvalue weighted by Gasteiger charge is 2.26. The summed E-state index contributed by atoms with van der Waals surface area (Å²) in [7, 11) is 0. The first-order valence-corrected chi connectivity index (χ1v) is 9.58. The van der Waals surface area contributed by atoms with E-state index in [4.69, 9.17) is 10.7 Å². The number of fused-ring (bicyclic) bond motifs is 1. The van der Waals surface area contributed by atoms with E-state index in [1.807, 2.05) is 18.4 Å². The summed E-state index contributed by atoms with van der Waals surface area (Å²) < 4.78 is 1.82. The zero-order valence-electron chi connectivity index (χ0n) is 13.6. The smallest absolute Gasteiger partial charge is 0.263 e. The Kier molecular flexibility index (Phi) is 4.51. The van der Waals surface area contributed by atoms with Gasteiger partial charge in [-0.15, -0.1) is 11.3 Å². The number of aromatic nitrogens is 2. The van der Waals surface area contributed by atoms with Gasteiger partial charge < -0.3 is 5.73 Å². The van der Waals surface area contributed by atoms with Crippen LogP contribution in [0.1, 0.15) is 49.1 Å². The van der Waals surface area contributed by atoms with E-state index in [1.54, 1.807) is 6.92 Å². The molecule has 1 aliphatic carbocycles. The molecule has 1 saturated carbocycles. The number of nitrogens with zero attached hydrogens (tertiary/aromatic N) is 2. The summed E-state index contributed by atoms with van der Waals surface area (Å²) in [5, 5.41) is 0.951. The molecule has 0 aromatic carbocycles. The zero-order valence-corrected chi connectivity index (χ0v) is 15.2. The van der Waals surface area contributed by atoms with Gasteiger partial charge in [0.05, 0.1) is 10.6 Å². The number of rotatable bonds is 4. The van der Waals surface area contributed by atoms with Crippen molar-refractivity contribution in [2.45, 2.75) is 62.9 Å². The Balaban J connectivity index is 2.21. The fourth-order valence-corrected chi connectivity index (χ4v) is 5.07. The Morgan fingerprint density at radius 1 is 1.39 bits per heavy atom. The maximum Gasteiger partial charge on any atom is 0.263 e. The molecule has 124 valence electrons. The molecule has 3 rings (SSSR count). The predicted molar refractivity (Wildman–Crippen MR) is 95.4 cm³/mol. The van der Waals surface area contributed by atoms with Gasteiger partial charge in [0.1, 0.15) is 4.83 Å². The van der Waals surface area contributed by atoms with Crippen LogP contribution in [-0.2, 0) is 4.79 Å². The molecule has 1 amide bonds. The number of primary amides is 1. The topological polar surface area (TPSA) is 78.0 Å². The first kappa shape index (κ1) is 16.5. The van der Waals surface area contributed by atoms with E-state index < -0.39 is 5.25 Å². The molecule has 7 heteroatoms. The molecule has 5 nitrogen and oxygen atoms in total. The fraction of sp³-hybridized carbons (Fsp3) is 0.562. The molecule has 0 unspecified atom stereocenters. The molecule has 2 aromatic heterocycles. The molecule has 2 aromatic rings. The van der Waals surface area contributed by atoms with Gasteiger partial charge in [-0.3, -0.25) is 14.2 Å². The lowest BCUT2D eigenvalue weighted by Gasteiger charge is -2.19. The largest absolute Gasteiger partial charge is 0.369 e. The Morgan fingerprint density at radius 2 is 2.04 bits per heavy atom. The van der Waals surface area contributed by atoms with E-state index in [2.05, 4.69) is 0 Å². The minimum absolute atomic E-state index is 0.0305. The molecule has 0 aliphatic heterocycles. The number of aryl methyl sites for hydroxylation is 2. The molecule has 1 aliphatic rings. The van der Waals surface area contributed by atoms with Crippen LogP contribution in [0.2, 0.25) is 0 Å². The predicted octanol–water partition coefficient (Wildman–Crippen LogP) is 3.16. The third-order valence-corrected chi connectivity index (χ3v) is 6.76. The molecule has 23 heavy (non-hydrogen) atoms. The van der Waals surface area contributed by atoms with Crippen molar-refractivity contribution in [2.24, 2.45) is 5.73 Å². The summed E-state index contributed by atoms with van der Waals surface area (Å²) in [6, 6.07) is 0.182. The van der Waals surface area contributed by atoms with Crippen molar-refractivity contribution in [3.8, 4) is 0 Å². The second-order valence-corrected chi connectivity index (χ2v) is 8.64. The summed E-state index contributed by atoms with van der Waals surface area (Å²) in [4.78, 5) is 31.2. The molecule has 1 atom stereocenters. The number of carbonyl (C=O) groups excluding carboxylic acids is 1. The number of thiophene rings is 1. The van der Waals surface area contributed by atoms with E-state index in [-0.39, 0.29) is 17.5 Å². The van der Waals surface area contributed by atoms with Gasteiger partial charge in [0.25, 0.3) is 5.56 Å². The summed E-state index contributed by atoms with van der Waals surface area (Å²) >= 11 is 2.83. The first-order valence-electron chi connectivity index (χ1n) is 7.88. The monoisotopic (exact) mass is 351 g/mol. The number of thioether (sulfide) groups is 1. The van der Waals surface area contributed by atoms with Crippen molar-refractivity contribution in [3.63, 3.8) is 0 Å². The maximum absolute atomic E-state index is 13.1. The van der Waals surface area contributed by atoms with Crippen LogP contribution < -0.4 is 11.3 Å². The maximum atomic E-state index is 13.1. The van der Waals surface area contributed by atoms with E-state index in [1.165, 1.54) is 23.1 Å². The molecule has 2 heterocycles. The van der Waals surface area contributed by atoms with E-state index in [0.717, 1.165) is 46.3 Å². The van der Waals surface area contributed by atoms with Gasteiger partial charge in [-0.1, -0.05) is 24.6 Å². The van der Waals surface area contributed by atoms with E-state index in [9.17, 15) is 9.59 Å². The molecule has 2 N–H and O–H groups in total. The average molecular weight is 351 g/mol. The van der Waals surface area contributed by atoms with Gasteiger partial charge in [-0.25, -0.2) is 4.98 Å². The summed E-state index contributed by atoms with van der Waals surface area (Å²) in [6.07, 6.45) is 4.25. The van der Waals surface area contributed by atoms with E-state index in [0.29, 0.717) is 5.16 Å². The van der Waals surface area contributed by atoms with Crippen LogP contribution in [0.5, 0.6) is 0 Å². The minimum Gasteiger partial charge on any atom is -0.369 e. The van der Waals surface area contributed by atoms with Gasteiger partial charge in [-0.05, 0) is 39.2 Å². The highest BCUT2D eigenvalue weighted by atomic mass is 32.2. The molecule has 1 fully saturated rings. The van der Waals surface area contributed by atoms with Crippen LogP contribution in [0.4, 0.5) is 0 Å². The van der Waals surface area contributed by atoms with Crippen LogP contribution >= 0.6 is 23.1 Å². The van der Waals surface area contributed by atoms with Crippen LogP contribution in [-0.4, -0.2) is 20.7 Å². The third kappa shape index (κ3) is 2.92. The number of nitrogens with two attached hydrogens (primary N) is 1. The van der Waals surface area contributed by atoms with Crippen molar-refractivity contribution in [3.05, 3.63) is 20.8 Å².